The summed E-state index contributed by atoms with van der Waals surface area (Å²) in [5.41, 5.74) is 6.23. The van der Waals surface area contributed by atoms with Crippen LogP contribution in [0.25, 0.3) is 0 Å². The largest absolute Gasteiger partial charge is 0.368 e. The van der Waals surface area contributed by atoms with Crippen molar-refractivity contribution in [2.75, 3.05) is 24.1 Å². The van der Waals surface area contributed by atoms with E-state index < -0.39 is 5.82 Å². The van der Waals surface area contributed by atoms with E-state index in [4.69, 9.17) is 17.3 Å². The first kappa shape index (κ1) is 16.0. The molecule has 116 valence electrons. The van der Waals surface area contributed by atoms with E-state index in [1.54, 1.807) is 19.1 Å². The maximum Gasteiger partial charge on any atom is 0.251 e. The highest BCUT2D eigenvalue weighted by atomic mass is 35.5. The van der Waals surface area contributed by atoms with E-state index in [1.807, 2.05) is 0 Å². The van der Waals surface area contributed by atoms with Crippen LogP contribution in [0.3, 0.4) is 0 Å². The van der Waals surface area contributed by atoms with Gasteiger partial charge in [-0.05, 0) is 24.6 Å². The maximum absolute atomic E-state index is 13.4. The van der Waals surface area contributed by atoms with Crippen molar-refractivity contribution in [2.24, 2.45) is 0 Å². The van der Waals surface area contributed by atoms with Gasteiger partial charge in [0.15, 0.2) is 0 Å². The van der Waals surface area contributed by atoms with Gasteiger partial charge >= 0.3 is 0 Å². The van der Waals surface area contributed by atoms with Gasteiger partial charge in [0.25, 0.3) is 5.91 Å². The highest BCUT2D eigenvalue weighted by molar-refractivity contribution is 6.29. The molecule has 22 heavy (non-hydrogen) atoms. The topological polar surface area (TPSA) is 92.9 Å². The SMILES string of the molecule is Cc1ccc(C(=O)NCCNc2cc(Cl)nc(N)n2)cc1F. The number of halogens is 2. The van der Waals surface area contributed by atoms with Gasteiger partial charge in [-0.15, -0.1) is 0 Å². The number of nitrogens with zero attached hydrogens (tertiary/aromatic N) is 2. The molecule has 0 aliphatic rings. The molecule has 1 aromatic heterocycles. The van der Waals surface area contributed by atoms with Crippen molar-refractivity contribution < 1.29 is 9.18 Å². The van der Waals surface area contributed by atoms with Gasteiger partial charge in [-0.25, -0.2) is 9.37 Å². The van der Waals surface area contributed by atoms with E-state index in [-0.39, 0.29) is 22.6 Å². The average molecular weight is 324 g/mol. The van der Waals surface area contributed by atoms with Crippen LogP contribution in [0.2, 0.25) is 5.15 Å². The highest BCUT2D eigenvalue weighted by Gasteiger charge is 2.07. The summed E-state index contributed by atoms with van der Waals surface area (Å²) in [6, 6.07) is 5.87. The number of anilines is 2. The van der Waals surface area contributed by atoms with Crippen LogP contribution in [0.5, 0.6) is 0 Å². The van der Waals surface area contributed by atoms with Crippen LogP contribution < -0.4 is 16.4 Å². The molecule has 0 saturated heterocycles. The zero-order valence-corrected chi connectivity index (χ0v) is 12.6. The fourth-order valence-electron chi connectivity index (χ4n) is 1.73. The molecule has 2 aromatic rings. The molecule has 0 atom stereocenters. The van der Waals surface area contributed by atoms with Gasteiger partial charge < -0.3 is 16.4 Å². The minimum absolute atomic E-state index is 0.0640. The number of benzene rings is 1. The standard InChI is InChI=1S/C14H15ClFN5O/c1-8-2-3-9(6-10(8)16)13(22)19-5-4-18-12-7-11(15)20-14(17)21-12/h2-3,6-7H,4-5H2,1H3,(H,19,22)(H3,17,18,20,21). The molecule has 0 unspecified atom stereocenters. The van der Waals surface area contributed by atoms with Crippen molar-refractivity contribution in [1.29, 1.82) is 0 Å². The minimum atomic E-state index is -0.406. The summed E-state index contributed by atoms with van der Waals surface area (Å²) < 4.78 is 13.4. The van der Waals surface area contributed by atoms with E-state index in [2.05, 4.69) is 20.6 Å². The van der Waals surface area contributed by atoms with Gasteiger partial charge in [-0.3, -0.25) is 4.79 Å². The van der Waals surface area contributed by atoms with E-state index in [9.17, 15) is 9.18 Å². The Hall–Kier alpha value is -2.41. The van der Waals surface area contributed by atoms with E-state index in [0.29, 0.717) is 24.5 Å². The second-order valence-electron chi connectivity index (χ2n) is 4.58. The fraction of sp³-hybridized carbons (Fsp3) is 0.214. The lowest BCUT2D eigenvalue weighted by Crippen LogP contribution is -2.29. The van der Waals surface area contributed by atoms with Crippen LogP contribution in [-0.4, -0.2) is 29.0 Å². The lowest BCUT2D eigenvalue weighted by atomic mass is 10.1. The maximum atomic E-state index is 13.4. The first-order valence-corrected chi connectivity index (χ1v) is 6.92. The number of rotatable bonds is 5. The van der Waals surface area contributed by atoms with E-state index >= 15 is 0 Å². The zero-order valence-electron chi connectivity index (χ0n) is 11.9. The third-order valence-corrected chi connectivity index (χ3v) is 3.06. The number of hydrogen-bond donors (Lipinski definition) is 3. The van der Waals surface area contributed by atoms with Gasteiger partial charge in [0.2, 0.25) is 5.95 Å². The number of nitrogens with one attached hydrogen (secondary N) is 2. The normalized spacial score (nSPS) is 10.3. The molecule has 0 bridgehead atoms. The number of nitrogen functional groups attached to an aromatic ring is 1. The molecule has 1 amide bonds. The van der Waals surface area contributed by atoms with Crippen molar-refractivity contribution in [3.8, 4) is 0 Å². The Kier molecular flexibility index (Phi) is 5.11. The molecule has 0 aliphatic heterocycles. The Balaban J connectivity index is 1.83. The third kappa shape index (κ3) is 4.29. The summed E-state index contributed by atoms with van der Waals surface area (Å²) in [7, 11) is 0. The summed E-state index contributed by atoms with van der Waals surface area (Å²) in [4.78, 5) is 19.5. The summed E-state index contributed by atoms with van der Waals surface area (Å²) in [6.07, 6.45) is 0. The van der Waals surface area contributed by atoms with E-state index in [0.717, 1.165) is 0 Å². The number of aromatic nitrogens is 2. The van der Waals surface area contributed by atoms with Crippen molar-refractivity contribution in [1.82, 2.24) is 15.3 Å². The Bertz CT molecular complexity index is 675. The fourth-order valence-corrected chi connectivity index (χ4v) is 1.92. The van der Waals surface area contributed by atoms with Crippen LogP contribution in [0.4, 0.5) is 16.2 Å². The molecule has 0 spiro atoms. The predicted molar refractivity (Wildman–Crippen MR) is 83.4 cm³/mol. The Morgan fingerprint density at radius 2 is 2.09 bits per heavy atom. The number of carbonyl (C=O) groups excluding carboxylic acids is 1. The summed E-state index contributed by atoms with van der Waals surface area (Å²) in [5.74, 6) is -0.222. The second kappa shape index (κ2) is 7.04. The van der Waals surface area contributed by atoms with Crippen molar-refractivity contribution >= 4 is 29.3 Å². The van der Waals surface area contributed by atoms with Crippen LogP contribution >= 0.6 is 11.6 Å². The van der Waals surface area contributed by atoms with Gasteiger partial charge in [0.05, 0.1) is 0 Å². The zero-order chi connectivity index (χ0) is 16.1. The number of amides is 1. The first-order chi connectivity index (χ1) is 10.5. The smallest absolute Gasteiger partial charge is 0.251 e. The molecule has 6 nitrogen and oxygen atoms in total. The molecule has 0 saturated carbocycles. The molecule has 4 N–H and O–H groups in total. The van der Waals surface area contributed by atoms with E-state index in [1.165, 1.54) is 12.1 Å². The van der Waals surface area contributed by atoms with Crippen LogP contribution in [0.15, 0.2) is 24.3 Å². The monoisotopic (exact) mass is 323 g/mol. The summed E-state index contributed by atoms with van der Waals surface area (Å²) in [5, 5.41) is 5.85. The highest BCUT2D eigenvalue weighted by Crippen LogP contribution is 2.12. The van der Waals surface area contributed by atoms with Crippen molar-refractivity contribution in [3.05, 3.63) is 46.4 Å². The van der Waals surface area contributed by atoms with Gasteiger partial charge in [0.1, 0.15) is 16.8 Å². The molecular formula is C14H15ClFN5O. The molecule has 2 rings (SSSR count). The molecule has 1 aromatic carbocycles. The van der Waals surface area contributed by atoms with Gasteiger partial charge in [-0.2, -0.15) is 4.98 Å². The number of nitrogens with two attached hydrogens (primary N) is 1. The Labute approximate surface area is 131 Å². The number of aryl methyl sites for hydroxylation is 1. The average Bonchev–Trinajstić information content (AvgIpc) is 2.45. The van der Waals surface area contributed by atoms with Crippen molar-refractivity contribution in [2.45, 2.75) is 6.92 Å². The lowest BCUT2D eigenvalue weighted by molar-refractivity contribution is 0.0954. The number of hydrogen-bond acceptors (Lipinski definition) is 5. The molecule has 0 aliphatic carbocycles. The molecule has 0 fully saturated rings. The number of carbonyl (C=O) groups is 1. The van der Waals surface area contributed by atoms with Gasteiger partial charge in [0, 0.05) is 24.7 Å². The molecule has 1 heterocycles. The molecule has 8 heteroatoms. The minimum Gasteiger partial charge on any atom is -0.368 e. The lowest BCUT2D eigenvalue weighted by Gasteiger charge is -2.08. The summed E-state index contributed by atoms with van der Waals surface area (Å²) >= 11 is 5.74. The van der Waals surface area contributed by atoms with Crippen molar-refractivity contribution in [3.63, 3.8) is 0 Å². The quantitative estimate of drug-likeness (QED) is 0.578. The van der Waals surface area contributed by atoms with Crippen LogP contribution in [0.1, 0.15) is 15.9 Å². The van der Waals surface area contributed by atoms with Crippen LogP contribution in [-0.2, 0) is 0 Å². The summed E-state index contributed by atoms with van der Waals surface area (Å²) in [6.45, 7) is 2.38. The predicted octanol–water partition coefficient (Wildman–Crippen LogP) is 2.00. The Morgan fingerprint density at radius 1 is 1.32 bits per heavy atom. The Morgan fingerprint density at radius 3 is 2.77 bits per heavy atom. The van der Waals surface area contributed by atoms with Gasteiger partial charge in [-0.1, -0.05) is 17.7 Å². The first-order valence-electron chi connectivity index (χ1n) is 6.54. The molecular weight excluding hydrogens is 309 g/mol. The third-order valence-electron chi connectivity index (χ3n) is 2.86. The van der Waals surface area contributed by atoms with Crippen LogP contribution in [0, 0.1) is 12.7 Å². The second-order valence-corrected chi connectivity index (χ2v) is 4.97. The molecule has 0 radical (unpaired) electrons.